The highest BCUT2D eigenvalue weighted by atomic mass is 16.5. The quantitative estimate of drug-likeness (QED) is 0.354. The Morgan fingerprint density at radius 1 is 1.24 bits per heavy atom. The third-order valence-electron chi connectivity index (χ3n) is 6.52. The van der Waals surface area contributed by atoms with Gasteiger partial charge in [-0.25, -0.2) is 9.78 Å². The van der Waals surface area contributed by atoms with E-state index >= 15 is 0 Å². The number of dihydropyridines is 1. The topological polar surface area (TPSA) is 139 Å². The lowest BCUT2D eigenvalue weighted by atomic mass is 10.1. The zero-order chi connectivity index (χ0) is 25.8. The van der Waals surface area contributed by atoms with Gasteiger partial charge >= 0.3 is 6.03 Å². The minimum absolute atomic E-state index is 0.0510. The van der Waals surface area contributed by atoms with E-state index in [9.17, 15) is 14.7 Å². The molecule has 3 atom stereocenters. The lowest BCUT2D eigenvalue weighted by Gasteiger charge is -2.40. The largest absolute Gasteiger partial charge is 0.491 e. The van der Waals surface area contributed by atoms with E-state index in [-0.39, 0.29) is 30.4 Å². The van der Waals surface area contributed by atoms with Crippen LogP contribution in [0, 0.1) is 0 Å². The van der Waals surface area contributed by atoms with Crippen LogP contribution < -0.4 is 20.7 Å². The number of nitrogens with one attached hydrogen (secondary N) is 3. The molecule has 0 saturated carbocycles. The summed E-state index contributed by atoms with van der Waals surface area (Å²) in [5.41, 5.74) is 1.88. The highest BCUT2D eigenvalue weighted by Gasteiger charge is 2.42. The first kappa shape index (κ1) is 24.6. The molecule has 0 radical (unpaired) electrons. The molecule has 1 aromatic carbocycles. The minimum atomic E-state index is -1.00. The number of pyridine rings is 1. The highest BCUT2D eigenvalue weighted by molar-refractivity contribution is 5.91. The average Bonchev–Trinajstić information content (AvgIpc) is 3.35. The number of ether oxygens (including phenoxy) is 1. The van der Waals surface area contributed by atoms with E-state index < -0.39 is 18.8 Å². The van der Waals surface area contributed by atoms with Crippen molar-refractivity contribution in [3.63, 3.8) is 0 Å². The van der Waals surface area contributed by atoms with Gasteiger partial charge in [0.25, 0.3) is 0 Å². The van der Waals surface area contributed by atoms with Crippen molar-refractivity contribution in [2.45, 2.75) is 31.2 Å². The fourth-order valence-corrected chi connectivity index (χ4v) is 4.64. The Balaban J connectivity index is 1.27. The number of rotatable bonds is 8. The Kier molecular flexibility index (Phi) is 7.24. The SMILES string of the molecule is O=C(NCc1ccccc1)C1C=CC2=C(N1)N(C(=O)Nc1cc(OC[C@H](O)CO)ccn1)[C@H]1CCN2C1. The monoisotopic (exact) mass is 506 g/mol. The molecule has 1 aromatic heterocycles. The van der Waals surface area contributed by atoms with Crippen molar-refractivity contribution < 1.29 is 24.5 Å². The van der Waals surface area contributed by atoms with Crippen molar-refractivity contribution in [3.8, 4) is 5.75 Å². The van der Waals surface area contributed by atoms with E-state index in [0.717, 1.165) is 24.2 Å². The number of aromatic nitrogens is 1. The van der Waals surface area contributed by atoms with Gasteiger partial charge in [0.1, 0.15) is 36.1 Å². The molecule has 5 N–H and O–H groups in total. The maximum atomic E-state index is 13.5. The van der Waals surface area contributed by atoms with Crippen LogP contribution in [0.1, 0.15) is 12.0 Å². The number of hydrogen-bond donors (Lipinski definition) is 5. The molecule has 11 heteroatoms. The summed E-state index contributed by atoms with van der Waals surface area (Å²) in [6.45, 7) is 1.44. The first-order chi connectivity index (χ1) is 18.0. The standard InChI is InChI=1S/C26H30N6O5/c33-15-19(34)16-37-20-8-10-27-23(12-20)30-26(36)32-18-9-11-31(14-18)22-7-6-21(29-24(22)32)25(35)28-13-17-4-2-1-3-5-17/h1-8,10,12,18-19,21,29,33-34H,9,11,13-16H2,(H,28,35)(H,27,30,36)/t18-,19+,21?/m0/s1. The molecule has 1 unspecified atom stereocenters. The van der Waals surface area contributed by atoms with E-state index in [2.05, 4.69) is 25.8 Å². The summed E-state index contributed by atoms with van der Waals surface area (Å²) in [4.78, 5) is 34.5. The lowest BCUT2D eigenvalue weighted by molar-refractivity contribution is -0.122. The molecule has 37 heavy (non-hydrogen) atoms. The van der Waals surface area contributed by atoms with Crippen molar-refractivity contribution >= 4 is 17.8 Å². The van der Waals surface area contributed by atoms with Gasteiger partial charge in [-0.1, -0.05) is 36.4 Å². The third-order valence-corrected chi connectivity index (χ3v) is 6.52. The molecular formula is C26H30N6O5. The first-order valence-corrected chi connectivity index (χ1v) is 12.3. The fraction of sp³-hybridized carbons (Fsp3) is 0.346. The summed E-state index contributed by atoms with van der Waals surface area (Å²) >= 11 is 0. The predicted octanol–water partition coefficient (Wildman–Crippen LogP) is 0.749. The Morgan fingerprint density at radius 3 is 2.89 bits per heavy atom. The van der Waals surface area contributed by atoms with Gasteiger partial charge in [0.15, 0.2) is 0 Å². The predicted molar refractivity (Wildman–Crippen MR) is 135 cm³/mol. The second-order valence-corrected chi connectivity index (χ2v) is 9.13. The Labute approximate surface area is 214 Å². The Morgan fingerprint density at radius 2 is 2.08 bits per heavy atom. The molecule has 4 heterocycles. The van der Waals surface area contributed by atoms with E-state index in [4.69, 9.17) is 9.84 Å². The molecule has 5 rings (SSSR count). The number of allylic oxidation sites excluding steroid dienone is 1. The van der Waals surface area contributed by atoms with Gasteiger partial charge in [-0.05, 0) is 24.1 Å². The third kappa shape index (κ3) is 5.52. The minimum Gasteiger partial charge on any atom is -0.491 e. The van der Waals surface area contributed by atoms with Crippen LogP contribution in [-0.4, -0.2) is 81.4 Å². The van der Waals surface area contributed by atoms with Crippen molar-refractivity contribution in [1.29, 1.82) is 0 Å². The molecule has 194 valence electrons. The smallest absolute Gasteiger partial charge is 0.328 e. The number of urea groups is 1. The summed E-state index contributed by atoms with van der Waals surface area (Å²) in [5.74, 6) is 1.09. The van der Waals surface area contributed by atoms with E-state index in [1.54, 1.807) is 17.0 Å². The Hall–Kier alpha value is -4.09. The summed E-state index contributed by atoms with van der Waals surface area (Å²) in [5, 5.41) is 27.5. The zero-order valence-electron chi connectivity index (χ0n) is 20.2. The number of amides is 3. The van der Waals surface area contributed by atoms with Crippen LogP contribution in [0.3, 0.4) is 0 Å². The zero-order valence-corrected chi connectivity index (χ0v) is 20.2. The second-order valence-electron chi connectivity index (χ2n) is 9.13. The van der Waals surface area contributed by atoms with Crippen LogP contribution in [0.15, 0.2) is 72.3 Å². The van der Waals surface area contributed by atoms with Crippen LogP contribution in [0.5, 0.6) is 5.75 Å². The number of fused-ring (bicyclic) bond motifs is 3. The van der Waals surface area contributed by atoms with Gasteiger partial charge in [0.2, 0.25) is 5.91 Å². The van der Waals surface area contributed by atoms with Gasteiger partial charge in [-0.2, -0.15) is 0 Å². The van der Waals surface area contributed by atoms with Crippen LogP contribution in [0.2, 0.25) is 0 Å². The molecule has 1 fully saturated rings. The molecular weight excluding hydrogens is 476 g/mol. The molecule has 1 saturated heterocycles. The fourth-order valence-electron chi connectivity index (χ4n) is 4.64. The van der Waals surface area contributed by atoms with E-state index in [1.165, 1.54) is 6.20 Å². The molecule has 3 aliphatic heterocycles. The molecule has 0 spiro atoms. The lowest BCUT2D eigenvalue weighted by Crippen LogP contribution is -2.55. The van der Waals surface area contributed by atoms with Crippen molar-refractivity contribution in [2.75, 3.05) is 31.6 Å². The number of nitrogens with zero attached hydrogens (tertiary/aromatic N) is 3. The van der Waals surface area contributed by atoms with Gasteiger partial charge in [-0.15, -0.1) is 0 Å². The molecule has 11 nitrogen and oxygen atoms in total. The van der Waals surface area contributed by atoms with Crippen molar-refractivity contribution in [1.82, 2.24) is 25.4 Å². The maximum absolute atomic E-state index is 13.5. The number of hydrogen-bond acceptors (Lipinski definition) is 8. The van der Waals surface area contributed by atoms with Crippen LogP contribution in [0.25, 0.3) is 0 Å². The molecule has 0 aliphatic carbocycles. The summed E-state index contributed by atoms with van der Waals surface area (Å²) < 4.78 is 5.46. The van der Waals surface area contributed by atoms with Gasteiger partial charge < -0.3 is 30.5 Å². The van der Waals surface area contributed by atoms with E-state index in [1.807, 2.05) is 42.5 Å². The van der Waals surface area contributed by atoms with Crippen molar-refractivity contribution in [2.24, 2.45) is 0 Å². The number of anilines is 1. The summed E-state index contributed by atoms with van der Waals surface area (Å²) in [7, 11) is 0. The second kappa shape index (κ2) is 10.9. The number of aliphatic hydroxyl groups excluding tert-OH is 2. The average molecular weight is 507 g/mol. The van der Waals surface area contributed by atoms with Crippen LogP contribution >= 0.6 is 0 Å². The van der Waals surface area contributed by atoms with Crippen molar-refractivity contribution in [3.05, 3.63) is 77.9 Å². The first-order valence-electron chi connectivity index (χ1n) is 12.3. The molecule has 3 aliphatic rings. The van der Waals surface area contributed by atoms with Gasteiger partial charge in [0, 0.05) is 31.9 Å². The number of aliphatic hydroxyl groups is 2. The van der Waals surface area contributed by atoms with Crippen LogP contribution in [0.4, 0.5) is 10.6 Å². The van der Waals surface area contributed by atoms with Crippen LogP contribution in [-0.2, 0) is 11.3 Å². The Bertz CT molecular complexity index is 1200. The summed E-state index contributed by atoms with van der Waals surface area (Å²) in [6, 6.07) is 11.8. The highest BCUT2D eigenvalue weighted by Crippen LogP contribution is 2.33. The normalized spacial score (nSPS) is 20.7. The molecule has 2 aromatic rings. The van der Waals surface area contributed by atoms with Gasteiger partial charge in [-0.3, -0.25) is 15.0 Å². The number of carbonyl (C=O) groups is 2. The number of benzene rings is 1. The summed E-state index contributed by atoms with van der Waals surface area (Å²) in [6.07, 6.45) is 5.01. The number of carbonyl (C=O) groups excluding carboxylic acids is 2. The van der Waals surface area contributed by atoms with Gasteiger partial charge in [0.05, 0.1) is 18.3 Å². The molecule has 3 amide bonds. The molecule has 2 bridgehead atoms. The van der Waals surface area contributed by atoms with E-state index in [0.29, 0.717) is 24.7 Å². The maximum Gasteiger partial charge on any atom is 0.328 e.